The van der Waals surface area contributed by atoms with Gasteiger partial charge in [-0.2, -0.15) is 42.1 Å². The Labute approximate surface area is 637 Å². The Morgan fingerprint density at radius 1 is 0.327 bits per heavy atom. The quantitative estimate of drug-likeness (QED) is 0.119. The van der Waals surface area contributed by atoms with Gasteiger partial charge in [0.1, 0.15) is 95.1 Å². The summed E-state index contributed by atoms with van der Waals surface area (Å²) < 4.78 is 107. The molecule has 24 heteroatoms. The number of nitriles is 8. The molecule has 0 heterocycles. The Morgan fingerprint density at radius 3 is 1.14 bits per heavy atom. The molecule has 8 aromatic carbocycles. The maximum atomic E-state index is 14.4. The van der Waals surface area contributed by atoms with Gasteiger partial charge in [0.25, 0.3) is 0 Å². The van der Waals surface area contributed by atoms with Gasteiger partial charge >= 0.3 is 0 Å². The predicted octanol–water partition coefficient (Wildman–Crippen LogP) is 25.0. The van der Waals surface area contributed by atoms with Gasteiger partial charge in [0.2, 0.25) is 45.5 Å². The Kier molecular flexibility index (Phi) is 35.6. The van der Waals surface area contributed by atoms with Crippen LogP contribution in [0.1, 0.15) is 185 Å². The lowest BCUT2D eigenvalue weighted by atomic mass is 9.77. The zero-order valence-corrected chi connectivity index (χ0v) is 63.3. The number of hydrogen-bond donors (Lipinski definition) is 0. The first-order chi connectivity index (χ1) is 51.5. The van der Waals surface area contributed by atoms with Crippen molar-refractivity contribution in [1.82, 2.24) is 0 Å². The van der Waals surface area contributed by atoms with Gasteiger partial charge in [-0.15, -0.1) is 0 Å². The summed E-state index contributed by atoms with van der Waals surface area (Å²) in [5.41, 5.74) is 7.14. The van der Waals surface area contributed by atoms with Crippen LogP contribution in [0.25, 0.3) is 38.8 Å². The average molecular weight is 1480 g/mol. The van der Waals surface area contributed by atoms with Gasteiger partial charge in [-0.05, 0) is 172 Å². The number of nitrogens with zero attached hydrogens (tertiary/aromatic N) is 16. The molecule has 0 amide bonds. The molecule has 0 saturated heterocycles. The molecule has 0 aromatic heterocycles. The van der Waals surface area contributed by atoms with E-state index in [-0.39, 0.29) is 107 Å². The summed E-state index contributed by atoms with van der Waals surface area (Å²) >= 11 is 0. The Hall–Kier alpha value is -15.0. The third kappa shape index (κ3) is 23.0. The van der Waals surface area contributed by atoms with Crippen molar-refractivity contribution in [3.8, 4) is 48.6 Å². The van der Waals surface area contributed by atoms with Crippen molar-refractivity contribution in [3.63, 3.8) is 0 Å². The minimum Gasteiger partial charge on any atom is -0.235 e. The highest BCUT2D eigenvalue weighted by molar-refractivity contribution is 5.67. The van der Waals surface area contributed by atoms with Gasteiger partial charge in [-0.3, -0.25) is 0 Å². The number of aryl methyl sites for hydroxylation is 6. The normalized spacial score (nSPS) is 9.52. The Bertz CT molecular complexity index is 5460. The molecule has 0 unspecified atom stereocenters. The molecule has 0 saturated carbocycles. The molecule has 0 bridgehead atoms. The van der Waals surface area contributed by atoms with Gasteiger partial charge in [0, 0.05) is 0 Å². The number of rotatable bonds is 2. The third-order valence-corrected chi connectivity index (χ3v) is 16.2. The average Bonchev–Trinajstić information content (AvgIpc) is 0.765. The summed E-state index contributed by atoms with van der Waals surface area (Å²) in [5.74, 6) is -5.45. The standard InChI is InChI=1S/C16H19FN2.2C11H9FN2.3C10H7FN2.2C9H5FN2/c1-15(2,3)11-8-12(16(4,5)6)14(19-7)13(17)10(11)9-18;1-7(2)8-4-9(6-13)11(12)10(5-8)14-3;1-6-7(2)9(5-13)10(12)11(14-4)8(6)3;1-6-4-8(5-12)9(11)10(13-3)7(6)2;1-6-4-7(2)10(13-3)9(11)8(6)5-12;1-3-7-4-5-8(6-12)9(11)10(7)13-2;1-6-3-7(5-11)9(10)8(4-6)12-2;1-6-3-4-7(5-11)8(10)9(6)12-2/h8H,1-6H3;4-5,7H,1-2H3;1-3H3;2*4H,1-2H3;4-5H,3H2,1H3;2*3-4H,1H3. The van der Waals surface area contributed by atoms with E-state index >= 15 is 0 Å². The largest absolute Gasteiger partial charge is 0.235 e. The van der Waals surface area contributed by atoms with E-state index in [9.17, 15) is 40.4 Å². The highest BCUT2D eigenvalue weighted by Gasteiger charge is 2.30. The first-order valence-electron chi connectivity index (χ1n) is 32.2. The fourth-order valence-corrected chi connectivity index (χ4v) is 9.69. The molecule has 548 valence electrons. The predicted molar refractivity (Wildman–Crippen MR) is 403 cm³/mol. The highest BCUT2D eigenvalue weighted by Crippen LogP contribution is 2.41. The molecule has 0 aliphatic carbocycles. The van der Waals surface area contributed by atoms with Crippen molar-refractivity contribution in [2.75, 3.05) is 0 Å². The second-order valence-corrected chi connectivity index (χ2v) is 25.9. The summed E-state index contributed by atoms with van der Waals surface area (Å²) in [4.78, 5) is 24.6. The number of benzene rings is 8. The number of hydrogen-bond acceptors (Lipinski definition) is 8. The minimum atomic E-state index is -0.724. The molecule has 0 atom stereocenters. The van der Waals surface area contributed by atoms with Crippen LogP contribution in [0.5, 0.6) is 0 Å². The number of halogens is 8. The second-order valence-electron chi connectivity index (χ2n) is 25.9. The van der Waals surface area contributed by atoms with Crippen LogP contribution in [-0.4, -0.2) is 0 Å². The van der Waals surface area contributed by atoms with Gasteiger partial charge in [0.05, 0.1) is 97.1 Å². The summed E-state index contributed by atoms with van der Waals surface area (Å²) in [7, 11) is 0. The Morgan fingerprint density at radius 2 is 0.718 bits per heavy atom. The van der Waals surface area contributed by atoms with Crippen molar-refractivity contribution < 1.29 is 35.1 Å². The SMILES string of the molecule is [C-]#[N+]c1c(C(C)(C)C)cc(C(C)(C)C)c(C#N)c1F.[C-]#[N+]c1c(C)c(C)c(C)c(C#N)c1F.[C-]#[N+]c1c(C)c(C)cc(C#N)c1F.[C-]#[N+]c1c(C)cc(C)c(C#N)c1F.[C-]#[N+]c1c(C)ccc(C#N)c1F.[C-]#[N+]c1c(CC)ccc(C#N)c1F.[C-]#[N+]c1cc(C(C)C)cc(C#N)c1F.[C-]#[N+]c1cc(C)cc(C#N)c1F. The van der Waals surface area contributed by atoms with E-state index in [4.69, 9.17) is 89.4 Å². The molecule has 0 spiro atoms. The first-order valence-corrected chi connectivity index (χ1v) is 32.2. The van der Waals surface area contributed by atoms with Crippen LogP contribution in [0.4, 0.5) is 80.6 Å². The smallest absolute Gasteiger partial charge is 0.227 e. The minimum absolute atomic E-state index is 0.00787. The van der Waals surface area contributed by atoms with Crippen LogP contribution in [0.3, 0.4) is 0 Å². The first kappa shape index (κ1) is 93.1. The molecule has 8 rings (SSSR count). The van der Waals surface area contributed by atoms with Crippen molar-refractivity contribution in [3.05, 3.63) is 321 Å². The summed E-state index contributed by atoms with van der Waals surface area (Å²) in [6.45, 7) is 87.0. The maximum Gasteiger partial charge on any atom is 0.227 e. The second kappa shape index (κ2) is 42.1. The fraction of sp³-hybridized carbons (Fsp3) is 0.256. The molecule has 0 N–H and O–H groups in total. The van der Waals surface area contributed by atoms with E-state index in [1.54, 1.807) is 123 Å². The van der Waals surface area contributed by atoms with Crippen LogP contribution in [0, 0.1) is 252 Å². The van der Waals surface area contributed by atoms with E-state index in [2.05, 4.69) is 38.8 Å². The maximum absolute atomic E-state index is 14.4. The Balaban J connectivity index is 0.000000631. The van der Waals surface area contributed by atoms with Crippen LogP contribution >= 0.6 is 0 Å². The van der Waals surface area contributed by atoms with E-state index in [1.165, 1.54) is 42.5 Å². The van der Waals surface area contributed by atoms with E-state index < -0.39 is 46.5 Å². The summed E-state index contributed by atoms with van der Waals surface area (Å²) in [6, 6.07) is 30.7. The molecular weight excluding hydrogens is 1410 g/mol. The van der Waals surface area contributed by atoms with E-state index in [1.807, 2.05) is 74.4 Å². The molecule has 0 radical (unpaired) electrons. The zero-order chi connectivity index (χ0) is 84.7. The lowest BCUT2D eigenvalue weighted by Crippen LogP contribution is -2.19. The zero-order valence-electron chi connectivity index (χ0n) is 63.3. The molecule has 0 aliphatic heterocycles. The van der Waals surface area contributed by atoms with Gasteiger partial charge in [0.15, 0.2) is 0 Å². The van der Waals surface area contributed by atoms with Crippen LogP contribution in [-0.2, 0) is 17.3 Å². The van der Waals surface area contributed by atoms with Crippen molar-refractivity contribution in [1.29, 1.82) is 42.1 Å². The van der Waals surface area contributed by atoms with Crippen molar-refractivity contribution in [2.45, 2.75) is 148 Å². The van der Waals surface area contributed by atoms with Gasteiger partial charge in [-0.1, -0.05) is 115 Å². The van der Waals surface area contributed by atoms with Crippen LogP contribution in [0.2, 0.25) is 0 Å². The topological polar surface area (TPSA) is 225 Å². The lowest BCUT2D eigenvalue weighted by Gasteiger charge is -2.27. The van der Waals surface area contributed by atoms with Crippen molar-refractivity contribution in [2.24, 2.45) is 0 Å². The van der Waals surface area contributed by atoms with Gasteiger partial charge in [-0.25, -0.2) is 73.9 Å². The van der Waals surface area contributed by atoms with Gasteiger partial charge < -0.3 is 0 Å². The molecule has 110 heavy (non-hydrogen) atoms. The van der Waals surface area contributed by atoms with E-state index in [0.29, 0.717) is 56.5 Å². The highest BCUT2D eigenvalue weighted by atomic mass is 19.2. The van der Waals surface area contributed by atoms with Crippen molar-refractivity contribution >= 4 is 45.5 Å². The molecule has 0 aliphatic rings. The lowest BCUT2D eigenvalue weighted by molar-refractivity contribution is 0.548. The van der Waals surface area contributed by atoms with Crippen LogP contribution in [0.15, 0.2) is 66.7 Å². The molecule has 0 fully saturated rings. The monoisotopic (exact) mass is 1480 g/mol. The summed E-state index contributed by atoms with van der Waals surface area (Å²) in [5, 5.41) is 69.2. The van der Waals surface area contributed by atoms with Crippen LogP contribution < -0.4 is 0 Å². The molecular formula is C86H68F8N16. The van der Waals surface area contributed by atoms with E-state index in [0.717, 1.165) is 22.3 Å². The molecule has 8 aromatic rings. The molecule has 16 nitrogen and oxygen atoms in total. The fourth-order valence-electron chi connectivity index (χ4n) is 9.69. The summed E-state index contributed by atoms with van der Waals surface area (Å²) in [6.07, 6.45) is 0.598. The third-order valence-electron chi connectivity index (χ3n) is 16.2.